The Morgan fingerprint density at radius 3 is 2.23 bits per heavy atom. The largest absolute Gasteiger partial charge is 0.492 e. The molecule has 0 radical (unpaired) electrons. The topological polar surface area (TPSA) is 34.1 Å². The van der Waals surface area contributed by atoms with E-state index < -0.39 is 0 Å². The Balaban J connectivity index is 1.49. The van der Waals surface area contributed by atoms with Crippen LogP contribution < -0.4 is 10.1 Å². The van der Waals surface area contributed by atoms with Gasteiger partial charge in [0, 0.05) is 6.20 Å². The van der Waals surface area contributed by atoms with Crippen molar-refractivity contribution >= 4 is 5.82 Å². The minimum Gasteiger partial charge on any atom is -0.492 e. The molecule has 110 valence electrons. The molecule has 0 saturated heterocycles. The van der Waals surface area contributed by atoms with Gasteiger partial charge in [-0.3, -0.25) is 0 Å². The fourth-order valence-electron chi connectivity index (χ4n) is 2.19. The highest BCUT2D eigenvalue weighted by molar-refractivity contribution is 5.63. The number of aromatic nitrogens is 1. The lowest BCUT2D eigenvalue weighted by Gasteiger charge is -2.09. The summed E-state index contributed by atoms with van der Waals surface area (Å²) in [6, 6.07) is 24.3. The molecule has 3 heteroatoms. The lowest BCUT2D eigenvalue weighted by atomic mass is 10.1. The number of benzene rings is 2. The van der Waals surface area contributed by atoms with Gasteiger partial charge in [0.05, 0.1) is 6.54 Å². The molecule has 1 N–H and O–H groups in total. The highest BCUT2D eigenvalue weighted by Gasteiger charge is 1.98. The first-order valence-corrected chi connectivity index (χ1v) is 7.35. The van der Waals surface area contributed by atoms with Crippen LogP contribution in [0.25, 0.3) is 11.1 Å². The zero-order chi connectivity index (χ0) is 15.0. The summed E-state index contributed by atoms with van der Waals surface area (Å²) in [5.74, 6) is 1.74. The van der Waals surface area contributed by atoms with Crippen molar-refractivity contribution in [1.82, 2.24) is 4.98 Å². The summed E-state index contributed by atoms with van der Waals surface area (Å²) in [5, 5.41) is 3.22. The zero-order valence-corrected chi connectivity index (χ0v) is 12.3. The number of rotatable bonds is 6. The van der Waals surface area contributed by atoms with Crippen LogP contribution in [0.4, 0.5) is 5.82 Å². The molecule has 3 aromatic rings. The Kier molecular flexibility index (Phi) is 4.67. The summed E-state index contributed by atoms with van der Waals surface area (Å²) >= 11 is 0. The third kappa shape index (κ3) is 3.85. The average Bonchev–Trinajstić information content (AvgIpc) is 2.61. The number of ether oxygens (including phenoxy) is 1. The van der Waals surface area contributed by atoms with Crippen LogP contribution in [-0.4, -0.2) is 18.1 Å². The molecule has 0 amide bonds. The molecular weight excluding hydrogens is 272 g/mol. The second-order valence-corrected chi connectivity index (χ2v) is 4.88. The average molecular weight is 290 g/mol. The first-order valence-electron chi connectivity index (χ1n) is 7.35. The molecule has 2 aromatic carbocycles. The van der Waals surface area contributed by atoms with E-state index in [1.165, 1.54) is 11.1 Å². The Morgan fingerprint density at radius 1 is 0.773 bits per heavy atom. The van der Waals surface area contributed by atoms with Gasteiger partial charge in [-0.2, -0.15) is 0 Å². The van der Waals surface area contributed by atoms with E-state index in [0.29, 0.717) is 6.61 Å². The van der Waals surface area contributed by atoms with Gasteiger partial charge in [0.25, 0.3) is 0 Å². The van der Waals surface area contributed by atoms with Gasteiger partial charge in [-0.05, 0) is 35.4 Å². The maximum absolute atomic E-state index is 5.73. The molecule has 0 fully saturated rings. The Labute approximate surface area is 130 Å². The second kappa shape index (κ2) is 7.27. The molecule has 0 aliphatic carbocycles. The van der Waals surface area contributed by atoms with E-state index in [2.05, 4.69) is 34.6 Å². The van der Waals surface area contributed by atoms with Crippen LogP contribution in [0.15, 0.2) is 79.0 Å². The van der Waals surface area contributed by atoms with Gasteiger partial charge in [0.15, 0.2) is 0 Å². The van der Waals surface area contributed by atoms with Crippen molar-refractivity contribution in [2.75, 3.05) is 18.5 Å². The number of anilines is 1. The molecule has 1 heterocycles. The normalized spacial score (nSPS) is 10.2. The molecule has 0 bridgehead atoms. The van der Waals surface area contributed by atoms with Crippen molar-refractivity contribution in [2.24, 2.45) is 0 Å². The standard InChI is InChI=1S/C19H18N2O/c1-2-6-16(7-3-1)17-9-11-18(12-10-17)22-15-14-21-19-8-4-5-13-20-19/h1-13H,14-15H2,(H,20,21). The maximum atomic E-state index is 5.73. The summed E-state index contributed by atoms with van der Waals surface area (Å²) in [6.07, 6.45) is 1.77. The summed E-state index contributed by atoms with van der Waals surface area (Å²) in [5.41, 5.74) is 2.41. The first-order chi connectivity index (χ1) is 10.9. The van der Waals surface area contributed by atoms with E-state index in [9.17, 15) is 0 Å². The highest BCUT2D eigenvalue weighted by atomic mass is 16.5. The van der Waals surface area contributed by atoms with Gasteiger partial charge < -0.3 is 10.1 Å². The highest BCUT2D eigenvalue weighted by Crippen LogP contribution is 2.21. The maximum Gasteiger partial charge on any atom is 0.125 e. The van der Waals surface area contributed by atoms with E-state index in [1.54, 1.807) is 6.20 Å². The number of hydrogen-bond donors (Lipinski definition) is 1. The molecule has 0 unspecified atom stereocenters. The van der Waals surface area contributed by atoms with Gasteiger partial charge >= 0.3 is 0 Å². The minimum atomic E-state index is 0.598. The molecule has 3 rings (SSSR count). The molecule has 0 aliphatic rings. The van der Waals surface area contributed by atoms with E-state index in [-0.39, 0.29) is 0 Å². The van der Waals surface area contributed by atoms with Crippen molar-refractivity contribution in [2.45, 2.75) is 0 Å². The van der Waals surface area contributed by atoms with Crippen molar-refractivity contribution in [3.8, 4) is 16.9 Å². The number of nitrogens with zero attached hydrogens (tertiary/aromatic N) is 1. The van der Waals surface area contributed by atoms with Crippen LogP contribution in [0.1, 0.15) is 0 Å². The van der Waals surface area contributed by atoms with Crippen molar-refractivity contribution < 1.29 is 4.74 Å². The molecule has 0 saturated carbocycles. The van der Waals surface area contributed by atoms with Crippen molar-refractivity contribution in [3.05, 3.63) is 79.0 Å². The van der Waals surface area contributed by atoms with E-state index >= 15 is 0 Å². The predicted octanol–water partition coefficient (Wildman–Crippen LogP) is 4.24. The lowest BCUT2D eigenvalue weighted by Crippen LogP contribution is -2.12. The zero-order valence-electron chi connectivity index (χ0n) is 12.3. The third-order valence-electron chi connectivity index (χ3n) is 3.30. The van der Waals surface area contributed by atoms with Crippen LogP contribution in [0.2, 0.25) is 0 Å². The number of hydrogen-bond acceptors (Lipinski definition) is 3. The van der Waals surface area contributed by atoms with Crippen LogP contribution in [-0.2, 0) is 0 Å². The van der Waals surface area contributed by atoms with Crippen molar-refractivity contribution in [3.63, 3.8) is 0 Å². The molecule has 3 nitrogen and oxygen atoms in total. The first kappa shape index (κ1) is 14.1. The van der Waals surface area contributed by atoms with Crippen LogP contribution in [0, 0.1) is 0 Å². The molecule has 22 heavy (non-hydrogen) atoms. The minimum absolute atomic E-state index is 0.598. The molecule has 1 aromatic heterocycles. The summed E-state index contributed by atoms with van der Waals surface area (Å²) in [4.78, 5) is 4.20. The summed E-state index contributed by atoms with van der Waals surface area (Å²) < 4.78 is 5.73. The van der Waals surface area contributed by atoms with Gasteiger partial charge in [0.2, 0.25) is 0 Å². The quantitative estimate of drug-likeness (QED) is 0.689. The van der Waals surface area contributed by atoms with E-state index in [1.807, 2.05) is 48.5 Å². The van der Waals surface area contributed by atoms with Crippen LogP contribution in [0.3, 0.4) is 0 Å². The third-order valence-corrected chi connectivity index (χ3v) is 3.30. The van der Waals surface area contributed by atoms with Gasteiger partial charge in [-0.1, -0.05) is 48.5 Å². The molecule has 0 atom stereocenters. The number of pyridine rings is 1. The SMILES string of the molecule is c1ccc(-c2ccc(OCCNc3ccccn3)cc2)cc1. The smallest absolute Gasteiger partial charge is 0.125 e. The van der Waals surface area contributed by atoms with Crippen LogP contribution in [0.5, 0.6) is 5.75 Å². The fraction of sp³-hybridized carbons (Fsp3) is 0.105. The lowest BCUT2D eigenvalue weighted by molar-refractivity contribution is 0.333. The van der Waals surface area contributed by atoms with Gasteiger partial charge in [-0.25, -0.2) is 4.98 Å². The molecule has 0 spiro atoms. The number of nitrogens with one attached hydrogen (secondary N) is 1. The molecule has 0 aliphatic heterocycles. The van der Waals surface area contributed by atoms with Crippen LogP contribution >= 0.6 is 0 Å². The van der Waals surface area contributed by atoms with Gasteiger partial charge in [-0.15, -0.1) is 0 Å². The Hall–Kier alpha value is -2.81. The predicted molar refractivity (Wildman–Crippen MR) is 90.1 cm³/mol. The monoisotopic (exact) mass is 290 g/mol. The summed E-state index contributed by atoms with van der Waals surface area (Å²) in [6.45, 7) is 1.32. The second-order valence-electron chi connectivity index (χ2n) is 4.88. The Bertz CT molecular complexity index is 682. The van der Waals surface area contributed by atoms with E-state index in [0.717, 1.165) is 18.1 Å². The Morgan fingerprint density at radius 2 is 1.50 bits per heavy atom. The van der Waals surface area contributed by atoms with E-state index in [4.69, 9.17) is 4.74 Å². The fourth-order valence-corrected chi connectivity index (χ4v) is 2.19. The van der Waals surface area contributed by atoms with Gasteiger partial charge in [0.1, 0.15) is 18.2 Å². The van der Waals surface area contributed by atoms with Crippen molar-refractivity contribution in [1.29, 1.82) is 0 Å². The molecular formula is C19H18N2O. The summed E-state index contributed by atoms with van der Waals surface area (Å²) in [7, 11) is 0.